The second kappa shape index (κ2) is 8.41. The normalized spacial score (nSPS) is 11.0. The molecule has 4 heterocycles. The van der Waals surface area contributed by atoms with Crippen molar-refractivity contribution >= 4 is 62.2 Å². The van der Waals surface area contributed by atoms with Gasteiger partial charge in [0.05, 0.1) is 5.69 Å². The molecular weight excluding hydrogens is 409 g/mol. The van der Waals surface area contributed by atoms with Crippen LogP contribution in [0, 0.1) is 0 Å². The van der Waals surface area contributed by atoms with Crippen LogP contribution in [-0.4, -0.2) is 21.7 Å². The van der Waals surface area contributed by atoms with Gasteiger partial charge in [-0.2, -0.15) is 11.3 Å². The topological polar surface area (TPSA) is 50.7 Å². The summed E-state index contributed by atoms with van der Waals surface area (Å²) in [5.74, 6) is 0.824. The van der Waals surface area contributed by atoms with E-state index >= 15 is 0 Å². The first kappa shape index (κ1) is 17.2. The van der Waals surface area contributed by atoms with Gasteiger partial charge in [-0.05, 0) is 29.3 Å². The number of thiazole rings is 1. The van der Waals surface area contributed by atoms with Gasteiger partial charge in [0.25, 0.3) is 0 Å². The van der Waals surface area contributed by atoms with Gasteiger partial charge in [-0.3, -0.25) is 0 Å². The summed E-state index contributed by atoms with van der Waals surface area (Å²) in [6.07, 6.45) is 1.02. The van der Waals surface area contributed by atoms with Crippen molar-refractivity contribution in [3.63, 3.8) is 0 Å². The lowest BCUT2D eigenvalue weighted by molar-refractivity contribution is 0.979. The Balaban J connectivity index is 1.26. The van der Waals surface area contributed by atoms with Crippen LogP contribution in [-0.2, 0) is 12.2 Å². The lowest BCUT2D eigenvalue weighted by atomic mass is 10.3. The van der Waals surface area contributed by atoms with E-state index in [4.69, 9.17) is 4.98 Å². The minimum atomic E-state index is 0.824. The number of thiophene rings is 2. The number of nitrogens with zero attached hydrogens (tertiary/aromatic N) is 3. The van der Waals surface area contributed by atoms with E-state index in [1.165, 1.54) is 10.4 Å². The summed E-state index contributed by atoms with van der Waals surface area (Å²) in [6.45, 7) is 0.885. The van der Waals surface area contributed by atoms with E-state index in [2.05, 4.69) is 55.2 Å². The van der Waals surface area contributed by atoms with Crippen molar-refractivity contribution in [3.8, 4) is 10.6 Å². The van der Waals surface area contributed by atoms with E-state index in [9.17, 15) is 0 Å². The van der Waals surface area contributed by atoms with Gasteiger partial charge in [0.2, 0.25) is 5.13 Å². The van der Waals surface area contributed by atoms with Gasteiger partial charge in [0.15, 0.2) is 4.34 Å². The summed E-state index contributed by atoms with van der Waals surface area (Å²) >= 11 is 8.48. The zero-order valence-electron chi connectivity index (χ0n) is 13.0. The van der Waals surface area contributed by atoms with Gasteiger partial charge in [0, 0.05) is 33.5 Å². The average molecular weight is 423 g/mol. The number of thioether (sulfide) groups is 1. The maximum atomic E-state index is 4.70. The van der Waals surface area contributed by atoms with Gasteiger partial charge in [-0.25, -0.2) is 4.98 Å². The van der Waals surface area contributed by atoms with Gasteiger partial charge in [-0.1, -0.05) is 29.2 Å². The molecule has 1 N–H and O–H groups in total. The SMILES string of the molecule is c1csc(CCNc2nnc(SCc3csc(-c4ccsc4)n3)s2)c1. The Morgan fingerprint density at radius 2 is 2.08 bits per heavy atom. The monoisotopic (exact) mass is 422 g/mol. The second-order valence-corrected chi connectivity index (χ2v) is 9.94. The molecule has 25 heavy (non-hydrogen) atoms. The maximum absolute atomic E-state index is 4.70. The first-order chi connectivity index (χ1) is 12.4. The molecule has 0 spiro atoms. The Hall–Kier alpha value is -1.26. The van der Waals surface area contributed by atoms with Gasteiger partial charge >= 0.3 is 0 Å². The Kier molecular flexibility index (Phi) is 5.78. The zero-order chi connectivity index (χ0) is 16.9. The number of anilines is 1. The third kappa shape index (κ3) is 4.68. The fourth-order valence-electron chi connectivity index (χ4n) is 2.11. The van der Waals surface area contributed by atoms with Crippen LogP contribution in [0.15, 0.2) is 44.1 Å². The molecule has 4 nitrogen and oxygen atoms in total. The fourth-order valence-corrected chi connectivity index (χ4v) is 6.13. The molecule has 0 atom stereocenters. The predicted octanol–water partition coefficient (Wildman–Crippen LogP) is 5.73. The number of nitrogens with one attached hydrogen (secondary N) is 1. The third-order valence-corrected chi connectivity index (χ3v) is 7.91. The van der Waals surface area contributed by atoms with Gasteiger partial charge in [-0.15, -0.1) is 32.9 Å². The maximum Gasteiger partial charge on any atom is 0.206 e. The van der Waals surface area contributed by atoms with Gasteiger partial charge in [0.1, 0.15) is 5.01 Å². The molecule has 0 aliphatic rings. The molecule has 0 aromatic carbocycles. The molecular formula is C16H14N4S5. The summed E-state index contributed by atoms with van der Waals surface area (Å²) in [5.41, 5.74) is 2.30. The first-order valence-corrected chi connectivity index (χ1v) is 12.1. The summed E-state index contributed by atoms with van der Waals surface area (Å²) in [6, 6.07) is 6.35. The Morgan fingerprint density at radius 3 is 2.92 bits per heavy atom. The smallest absolute Gasteiger partial charge is 0.206 e. The van der Waals surface area contributed by atoms with E-state index in [0.717, 1.165) is 38.9 Å². The molecule has 0 bridgehead atoms. The number of hydrogen-bond acceptors (Lipinski definition) is 9. The van der Waals surface area contributed by atoms with Crippen molar-refractivity contribution in [1.82, 2.24) is 15.2 Å². The van der Waals surface area contributed by atoms with Crippen molar-refractivity contribution in [3.05, 3.63) is 50.3 Å². The van der Waals surface area contributed by atoms with Crippen LogP contribution in [0.2, 0.25) is 0 Å². The molecule has 0 radical (unpaired) electrons. The summed E-state index contributed by atoms with van der Waals surface area (Å²) in [4.78, 5) is 6.08. The van der Waals surface area contributed by atoms with E-state index < -0.39 is 0 Å². The molecule has 0 amide bonds. The Bertz CT molecular complexity index is 895. The molecule has 128 valence electrons. The molecule has 4 aromatic rings. The van der Waals surface area contributed by atoms with Crippen LogP contribution >= 0.6 is 57.1 Å². The van der Waals surface area contributed by atoms with Crippen LogP contribution in [0.4, 0.5) is 5.13 Å². The predicted molar refractivity (Wildman–Crippen MR) is 111 cm³/mol. The largest absolute Gasteiger partial charge is 0.360 e. The summed E-state index contributed by atoms with van der Waals surface area (Å²) in [5, 5.41) is 22.2. The van der Waals surface area contributed by atoms with Crippen LogP contribution in [0.5, 0.6) is 0 Å². The van der Waals surface area contributed by atoms with Crippen LogP contribution < -0.4 is 5.32 Å². The molecule has 0 saturated heterocycles. The first-order valence-electron chi connectivity index (χ1n) is 7.56. The van der Waals surface area contributed by atoms with E-state index in [-0.39, 0.29) is 0 Å². The highest BCUT2D eigenvalue weighted by molar-refractivity contribution is 8.00. The summed E-state index contributed by atoms with van der Waals surface area (Å²) < 4.78 is 0.976. The summed E-state index contributed by atoms with van der Waals surface area (Å²) in [7, 11) is 0. The molecule has 0 saturated carbocycles. The highest BCUT2D eigenvalue weighted by Crippen LogP contribution is 2.31. The van der Waals surface area contributed by atoms with Crippen molar-refractivity contribution < 1.29 is 0 Å². The van der Waals surface area contributed by atoms with Gasteiger partial charge < -0.3 is 5.32 Å². The van der Waals surface area contributed by atoms with E-state index in [0.29, 0.717) is 0 Å². The molecule has 0 aliphatic heterocycles. The molecule has 9 heteroatoms. The van der Waals surface area contributed by atoms with E-state index in [1.807, 2.05) is 0 Å². The van der Waals surface area contributed by atoms with Crippen LogP contribution in [0.25, 0.3) is 10.6 Å². The minimum absolute atomic E-state index is 0.824. The fraction of sp³-hybridized carbons (Fsp3) is 0.188. The van der Waals surface area contributed by atoms with E-state index in [1.54, 1.807) is 57.1 Å². The highest BCUT2D eigenvalue weighted by atomic mass is 32.2. The minimum Gasteiger partial charge on any atom is -0.360 e. The molecule has 0 aliphatic carbocycles. The Labute approximate surface area is 166 Å². The number of hydrogen-bond donors (Lipinski definition) is 1. The van der Waals surface area contributed by atoms with Crippen molar-refractivity contribution in [2.75, 3.05) is 11.9 Å². The lowest BCUT2D eigenvalue weighted by Crippen LogP contribution is -2.03. The average Bonchev–Trinajstić information content (AvgIpc) is 3.39. The standard InChI is InChI=1S/C16H14N4S5/c1-2-13(22-6-1)3-5-17-15-19-20-16(25-15)24-10-12-9-23-14(18-12)11-4-7-21-8-11/h1-2,4,6-9H,3,5,10H2,(H,17,19). The molecule has 0 unspecified atom stereocenters. The third-order valence-electron chi connectivity index (χ3n) is 3.30. The lowest BCUT2D eigenvalue weighted by Gasteiger charge is -1.99. The molecule has 4 aromatic heterocycles. The number of rotatable bonds is 8. The molecule has 4 rings (SSSR count). The second-order valence-electron chi connectivity index (χ2n) is 5.07. The molecule has 0 fully saturated rings. The number of aromatic nitrogens is 3. The highest BCUT2D eigenvalue weighted by Gasteiger charge is 2.08. The van der Waals surface area contributed by atoms with Crippen molar-refractivity contribution in [2.24, 2.45) is 0 Å². The Morgan fingerprint density at radius 1 is 1.08 bits per heavy atom. The van der Waals surface area contributed by atoms with Crippen molar-refractivity contribution in [2.45, 2.75) is 16.5 Å². The quantitative estimate of drug-likeness (QED) is 0.367. The van der Waals surface area contributed by atoms with Crippen LogP contribution in [0.3, 0.4) is 0 Å². The zero-order valence-corrected chi connectivity index (χ0v) is 17.1. The van der Waals surface area contributed by atoms with Crippen molar-refractivity contribution in [1.29, 1.82) is 0 Å². The van der Waals surface area contributed by atoms with Crippen LogP contribution in [0.1, 0.15) is 10.6 Å².